The first-order valence-corrected chi connectivity index (χ1v) is 13.2. The van der Waals surface area contributed by atoms with Gasteiger partial charge in [0, 0.05) is 0 Å². The van der Waals surface area contributed by atoms with Crippen molar-refractivity contribution in [2.24, 2.45) is 0 Å². The van der Waals surface area contributed by atoms with Crippen molar-refractivity contribution >= 4 is 22.9 Å². The lowest BCUT2D eigenvalue weighted by atomic mass is 9.93. The summed E-state index contributed by atoms with van der Waals surface area (Å²) in [6.45, 7) is 12.2. The molecule has 6 heteroatoms. The molecule has 0 fully saturated rings. The van der Waals surface area contributed by atoms with Crippen molar-refractivity contribution in [2.75, 3.05) is 0 Å². The van der Waals surface area contributed by atoms with Crippen LogP contribution in [-0.4, -0.2) is 39.7 Å². The number of hydrogen-bond acceptors (Lipinski definition) is 4. The fourth-order valence-corrected chi connectivity index (χ4v) is 4.22. The maximum atomic E-state index is 11.6. The first kappa shape index (κ1) is 16.4. The smallest absolute Gasteiger partial charge is 0.185 e. The lowest BCUT2D eigenvalue weighted by molar-refractivity contribution is -0.123. The van der Waals surface area contributed by atoms with Crippen molar-refractivity contribution in [3.8, 4) is 0 Å². The third-order valence-corrected chi connectivity index (χ3v) is 4.36. The van der Waals surface area contributed by atoms with Gasteiger partial charge in [-0.1, -0.05) is 0 Å². The van der Waals surface area contributed by atoms with E-state index in [1.807, 2.05) is 39.3 Å². The van der Waals surface area contributed by atoms with E-state index in [9.17, 15) is 9.90 Å². The SMILES string of the molecule is C[Si](C)(C)OC1C=C(O)C=CC1(C=O)O[Si](C)(C)C. The molecule has 0 saturated heterocycles. The molecule has 0 heterocycles. The van der Waals surface area contributed by atoms with Crippen LogP contribution < -0.4 is 0 Å². The predicted octanol–water partition coefficient (Wildman–Crippen LogP) is 3.01. The van der Waals surface area contributed by atoms with E-state index in [-0.39, 0.29) is 5.76 Å². The number of hydrogen-bond donors (Lipinski definition) is 1. The van der Waals surface area contributed by atoms with Crippen LogP contribution in [0.3, 0.4) is 0 Å². The van der Waals surface area contributed by atoms with Crippen LogP contribution in [0.5, 0.6) is 0 Å². The second-order valence-electron chi connectivity index (χ2n) is 6.76. The van der Waals surface area contributed by atoms with E-state index in [0.29, 0.717) is 0 Å². The first-order chi connectivity index (χ1) is 8.47. The number of aliphatic hydroxyl groups excluding tert-OH is 1. The van der Waals surface area contributed by atoms with E-state index in [4.69, 9.17) is 8.85 Å². The average Bonchev–Trinajstić information content (AvgIpc) is 2.18. The van der Waals surface area contributed by atoms with Gasteiger partial charge in [-0.15, -0.1) is 0 Å². The average molecular weight is 301 g/mol. The highest BCUT2D eigenvalue weighted by atomic mass is 28.4. The summed E-state index contributed by atoms with van der Waals surface area (Å²) in [5, 5.41) is 9.65. The summed E-state index contributed by atoms with van der Waals surface area (Å²) < 4.78 is 12.1. The zero-order valence-electron chi connectivity index (χ0n) is 12.6. The van der Waals surface area contributed by atoms with Crippen LogP contribution in [0.15, 0.2) is 24.0 Å². The Morgan fingerprint density at radius 3 is 2.21 bits per heavy atom. The van der Waals surface area contributed by atoms with Gasteiger partial charge in [0.1, 0.15) is 11.9 Å². The highest BCUT2D eigenvalue weighted by Crippen LogP contribution is 2.31. The summed E-state index contributed by atoms with van der Waals surface area (Å²) in [6, 6.07) is 0. The molecule has 1 N–H and O–H groups in total. The molecule has 0 aliphatic heterocycles. The molecule has 1 aliphatic rings. The minimum absolute atomic E-state index is 0.111. The zero-order chi connectivity index (χ0) is 14.9. The Labute approximate surface area is 117 Å². The molecule has 1 rings (SSSR count). The van der Waals surface area contributed by atoms with E-state index >= 15 is 0 Å². The van der Waals surface area contributed by atoms with Crippen LogP contribution in [0.4, 0.5) is 0 Å². The number of carbonyl (C=O) groups excluding carboxylic acids is 1. The van der Waals surface area contributed by atoms with Crippen LogP contribution in [0, 0.1) is 0 Å². The van der Waals surface area contributed by atoms with E-state index in [1.165, 1.54) is 6.08 Å². The molecule has 0 radical (unpaired) electrons. The van der Waals surface area contributed by atoms with E-state index in [1.54, 1.807) is 12.2 Å². The van der Waals surface area contributed by atoms with Crippen molar-refractivity contribution < 1.29 is 18.8 Å². The second kappa shape index (κ2) is 5.36. The summed E-state index contributed by atoms with van der Waals surface area (Å²) in [5.41, 5.74) is -1.11. The van der Waals surface area contributed by atoms with Crippen molar-refractivity contribution in [1.29, 1.82) is 0 Å². The number of aliphatic hydroxyl groups is 1. The van der Waals surface area contributed by atoms with Gasteiger partial charge in [-0.25, -0.2) is 0 Å². The minimum atomic E-state index is -1.94. The fourth-order valence-electron chi connectivity index (χ4n) is 1.91. The lowest BCUT2D eigenvalue weighted by Gasteiger charge is -2.41. The minimum Gasteiger partial charge on any atom is -0.508 e. The number of allylic oxidation sites excluding steroid dienone is 1. The Balaban J connectivity index is 3.12. The van der Waals surface area contributed by atoms with Gasteiger partial charge in [0.2, 0.25) is 0 Å². The molecule has 19 heavy (non-hydrogen) atoms. The van der Waals surface area contributed by atoms with Crippen molar-refractivity contribution in [3.63, 3.8) is 0 Å². The molecule has 0 amide bonds. The molecule has 0 spiro atoms. The molecule has 108 valence electrons. The molecule has 2 atom stereocenters. The Hall–Kier alpha value is -0.696. The van der Waals surface area contributed by atoms with Gasteiger partial charge in [0.15, 0.2) is 28.5 Å². The Morgan fingerprint density at radius 1 is 1.21 bits per heavy atom. The highest BCUT2D eigenvalue weighted by molar-refractivity contribution is 6.70. The van der Waals surface area contributed by atoms with E-state index < -0.39 is 28.3 Å². The summed E-state index contributed by atoms with van der Waals surface area (Å²) in [4.78, 5) is 11.6. The van der Waals surface area contributed by atoms with Crippen LogP contribution >= 0.6 is 0 Å². The molecule has 1 aliphatic carbocycles. The molecule has 0 bridgehead atoms. The molecular formula is C13H24O4Si2. The fraction of sp³-hybridized carbons (Fsp3) is 0.615. The van der Waals surface area contributed by atoms with E-state index in [2.05, 4.69) is 0 Å². The van der Waals surface area contributed by atoms with Gasteiger partial charge in [0.05, 0.1) is 0 Å². The largest absolute Gasteiger partial charge is 0.508 e. The van der Waals surface area contributed by atoms with Crippen LogP contribution in [-0.2, 0) is 13.6 Å². The monoisotopic (exact) mass is 300 g/mol. The standard InChI is InChI=1S/C13H24O4Si2/c1-18(2,3)16-12-9-11(15)7-8-13(12,10-14)17-19(4,5)6/h7-10,12,15H,1-6H3. The maximum absolute atomic E-state index is 11.6. The van der Waals surface area contributed by atoms with Crippen LogP contribution in [0.2, 0.25) is 39.3 Å². The molecule has 0 aromatic rings. The summed E-state index contributed by atoms with van der Waals surface area (Å²) in [5.74, 6) is 0.111. The number of aldehydes is 1. The predicted molar refractivity (Wildman–Crippen MR) is 81.3 cm³/mol. The topological polar surface area (TPSA) is 55.8 Å². The maximum Gasteiger partial charge on any atom is 0.185 e. The third-order valence-electron chi connectivity index (χ3n) is 2.43. The Kier molecular flexibility index (Phi) is 4.61. The number of rotatable bonds is 5. The zero-order valence-corrected chi connectivity index (χ0v) is 14.6. The Morgan fingerprint density at radius 2 is 1.79 bits per heavy atom. The highest BCUT2D eigenvalue weighted by Gasteiger charge is 2.44. The van der Waals surface area contributed by atoms with Gasteiger partial charge in [-0.2, -0.15) is 0 Å². The van der Waals surface area contributed by atoms with Crippen LogP contribution in [0.25, 0.3) is 0 Å². The molecule has 0 saturated carbocycles. The third kappa shape index (κ3) is 4.72. The molecule has 4 nitrogen and oxygen atoms in total. The lowest BCUT2D eigenvalue weighted by Crippen LogP contribution is -2.54. The summed E-state index contributed by atoms with van der Waals surface area (Å²) in [6.07, 6.45) is 4.90. The number of carbonyl (C=O) groups is 1. The first-order valence-electron chi connectivity index (χ1n) is 6.42. The summed E-state index contributed by atoms with van der Waals surface area (Å²) >= 11 is 0. The quantitative estimate of drug-likeness (QED) is 0.626. The van der Waals surface area contributed by atoms with Gasteiger partial charge < -0.3 is 14.0 Å². The van der Waals surface area contributed by atoms with Gasteiger partial charge in [-0.3, -0.25) is 4.79 Å². The Bertz CT molecular complexity index is 404. The van der Waals surface area contributed by atoms with Gasteiger partial charge in [0.25, 0.3) is 0 Å². The van der Waals surface area contributed by atoms with Crippen molar-refractivity contribution in [1.82, 2.24) is 0 Å². The molecule has 0 aromatic heterocycles. The normalized spacial score (nSPS) is 28.1. The van der Waals surface area contributed by atoms with Crippen LogP contribution in [0.1, 0.15) is 0 Å². The summed E-state index contributed by atoms with van der Waals surface area (Å²) in [7, 11) is -3.80. The molecule has 2 unspecified atom stereocenters. The van der Waals surface area contributed by atoms with E-state index in [0.717, 1.165) is 6.29 Å². The van der Waals surface area contributed by atoms with Crippen molar-refractivity contribution in [2.45, 2.75) is 51.0 Å². The van der Waals surface area contributed by atoms with Crippen molar-refractivity contribution in [3.05, 3.63) is 24.0 Å². The van der Waals surface area contributed by atoms with Gasteiger partial charge >= 0.3 is 0 Å². The molecular weight excluding hydrogens is 276 g/mol. The van der Waals surface area contributed by atoms with Gasteiger partial charge in [-0.05, 0) is 57.5 Å². The molecule has 0 aromatic carbocycles. The second-order valence-corrected chi connectivity index (χ2v) is 15.7.